The number of hydrogen-bond donors (Lipinski definition) is 0. The van der Waals surface area contributed by atoms with E-state index in [0.29, 0.717) is 0 Å². The number of benzene rings is 3. The topological polar surface area (TPSA) is 22.2 Å². The Kier molecular flexibility index (Phi) is 2.55. The van der Waals surface area contributed by atoms with Crippen molar-refractivity contribution in [1.82, 2.24) is 14.0 Å². The lowest BCUT2D eigenvalue weighted by Crippen LogP contribution is -1.94. The van der Waals surface area contributed by atoms with E-state index in [2.05, 4.69) is 33.2 Å². The van der Waals surface area contributed by atoms with Gasteiger partial charge < -0.3 is 0 Å². The van der Waals surface area contributed by atoms with Crippen LogP contribution < -0.4 is 0 Å². The van der Waals surface area contributed by atoms with E-state index in [9.17, 15) is 0 Å². The van der Waals surface area contributed by atoms with E-state index in [-0.39, 0.29) is 0 Å². The largest absolute Gasteiger partial charge is 0.278 e. The van der Waals surface area contributed by atoms with Crippen molar-refractivity contribution < 1.29 is 0 Å². The minimum atomic E-state index is 0.722. The minimum Gasteiger partial charge on any atom is -0.278 e. The number of nitrogens with zero attached hydrogens (tertiary/aromatic N) is 3. The van der Waals surface area contributed by atoms with Crippen LogP contribution in [0.3, 0.4) is 0 Å². The van der Waals surface area contributed by atoms with Gasteiger partial charge in [0.05, 0.1) is 22.1 Å². The minimum absolute atomic E-state index is 0.722. The third-order valence-corrected chi connectivity index (χ3v) is 4.41. The molecule has 0 unspecified atom stereocenters. The smallest absolute Gasteiger partial charge is 0.220 e. The molecule has 5 aromatic rings. The summed E-state index contributed by atoms with van der Waals surface area (Å²) in [5.41, 5.74) is 5.32. The molecule has 5 rings (SSSR count). The van der Waals surface area contributed by atoms with Gasteiger partial charge in [0.1, 0.15) is 0 Å². The zero-order chi connectivity index (χ0) is 15.4. The number of hydrogen-bond acceptors (Lipinski definition) is 1. The molecule has 0 fully saturated rings. The number of para-hydroxylation sites is 3. The molecule has 0 aliphatic heterocycles. The molecule has 0 spiro atoms. The molecule has 4 heteroatoms. The third-order valence-electron chi connectivity index (χ3n) is 4.18. The van der Waals surface area contributed by atoms with E-state index in [0.717, 1.165) is 38.6 Å². The van der Waals surface area contributed by atoms with Crippen LogP contribution in [0.4, 0.5) is 0 Å². The number of imidazole rings is 2. The van der Waals surface area contributed by atoms with Crippen LogP contribution in [0, 0.1) is 0 Å². The van der Waals surface area contributed by atoms with Gasteiger partial charge in [-0.1, -0.05) is 41.9 Å². The quantitative estimate of drug-likeness (QED) is 0.422. The Balaban J connectivity index is 2.06. The lowest BCUT2D eigenvalue weighted by Gasteiger charge is -2.04. The van der Waals surface area contributed by atoms with Crippen LogP contribution >= 0.6 is 11.6 Å². The summed E-state index contributed by atoms with van der Waals surface area (Å²) in [5.74, 6) is 0.898. The van der Waals surface area contributed by atoms with Crippen LogP contribution in [0.1, 0.15) is 0 Å². The predicted octanol–water partition coefficient (Wildman–Crippen LogP) is 5.08. The molecule has 0 radical (unpaired) electrons. The van der Waals surface area contributed by atoms with Gasteiger partial charge in [-0.2, -0.15) is 0 Å². The molecule has 3 nitrogen and oxygen atoms in total. The van der Waals surface area contributed by atoms with E-state index >= 15 is 0 Å². The predicted molar refractivity (Wildman–Crippen MR) is 94.5 cm³/mol. The Morgan fingerprint density at radius 2 is 1.52 bits per heavy atom. The first kappa shape index (κ1) is 12.7. The Hall–Kier alpha value is -2.78. The summed E-state index contributed by atoms with van der Waals surface area (Å²) < 4.78 is 4.34. The summed E-state index contributed by atoms with van der Waals surface area (Å²) in [6.07, 6.45) is 0. The number of halogens is 1. The van der Waals surface area contributed by atoms with E-state index in [1.807, 2.05) is 48.5 Å². The lowest BCUT2D eigenvalue weighted by molar-refractivity contribution is 1.11. The lowest BCUT2D eigenvalue weighted by atomic mass is 10.2. The molecule has 0 aliphatic carbocycles. The molecule has 0 N–H and O–H groups in total. The number of fused-ring (bicyclic) bond motifs is 5. The average Bonchev–Trinajstić information content (AvgIpc) is 3.09. The zero-order valence-electron chi connectivity index (χ0n) is 12.1. The molecule has 23 heavy (non-hydrogen) atoms. The first-order valence-electron chi connectivity index (χ1n) is 7.45. The number of aromatic nitrogens is 3. The normalized spacial score (nSPS) is 11.7. The molecule has 0 bridgehead atoms. The first-order valence-corrected chi connectivity index (χ1v) is 7.83. The summed E-state index contributed by atoms with van der Waals surface area (Å²) in [6, 6.07) is 24.4. The monoisotopic (exact) mass is 317 g/mol. The molecule has 0 saturated carbocycles. The Bertz CT molecular complexity index is 1170. The third kappa shape index (κ3) is 1.74. The summed E-state index contributed by atoms with van der Waals surface area (Å²) in [5, 5.41) is 0.722. The fourth-order valence-corrected chi connectivity index (χ4v) is 3.37. The fourth-order valence-electron chi connectivity index (χ4n) is 3.20. The maximum Gasteiger partial charge on any atom is 0.220 e. The fraction of sp³-hybridized carbons (Fsp3) is 0. The highest BCUT2D eigenvalue weighted by atomic mass is 35.5. The summed E-state index contributed by atoms with van der Waals surface area (Å²) in [6.45, 7) is 0. The summed E-state index contributed by atoms with van der Waals surface area (Å²) in [7, 11) is 0. The highest BCUT2D eigenvalue weighted by Gasteiger charge is 2.16. The molecular formula is C19H12ClN3. The Morgan fingerprint density at radius 3 is 2.39 bits per heavy atom. The van der Waals surface area contributed by atoms with Gasteiger partial charge in [0, 0.05) is 10.7 Å². The van der Waals surface area contributed by atoms with Crippen molar-refractivity contribution in [3.05, 3.63) is 77.8 Å². The molecule has 2 heterocycles. The van der Waals surface area contributed by atoms with Crippen molar-refractivity contribution in [3.8, 4) is 5.69 Å². The van der Waals surface area contributed by atoms with Crippen molar-refractivity contribution >= 4 is 39.4 Å². The van der Waals surface area contributed by atoms with Crippen LogP contribution in [0.2, 0.25) is 5.02 Å². The first-order chi connectivity index (χ1) is 11.3. The second-order valence-corrected chi connectivity index (χ2v) is 5.98. The molecule has 0 amide bonds. The molecular weight excluding hydrogens is 306 g/mol. The van der Waals surface area contributed by atoms with Crippen LogP contribution in [-0.2, 0) is 0 Å². The van der Waals surface area contributed by atoms with Crippen LogP contribution in [0.5, 0.6) is 0 Å². The van der Waals surface area contributed by atoms with Gasteiger partial charge in [0.25, 0.3) is 0 Å². The van der Waals surface area contributed by atoms with Gasteiger partial charge in [0.15, 0.2) is 0 Å². The Labute approximate surface area is 137 Å². The maximum atomic E-state index is 6.25. The van der Waals surface area contributed by atoms with Gasteiger partial charge in [-0.15, -0.1) is 0 Å². The molecule has 110 valence electrons. The highest BCUT2D eigenvalue weighted by Crippen LogP contribution is 2.30. The van der Waals surface area contributed by atoms with Gasteiger partial charge in [-0.05, 0) is 42.5 Å². The van der Waals surface area contributed by atoms with E-state index in [1.54, 1.807) is 0 Å². The van der Waals surface area contributed by atoms with Crippen molar-refractivity contribution in [2.45, 2.75) is 0 Å². The second-order valence-electron chi connectivity index (χ2n) is 5.54. The van der Waals surface area contributed by atoms with Gasteiger partial charge >= 0.3 is 0 Å². The van der Waals surface area contributed by atoms with Gasteiger partial charge in [-0.3, -0.25) is 8.97 Å². The highest BCUT2D eigenvalue weighted by molar-refractivity contribution is 6.31. The van der Waals surface area contributed by atoms with Crippen molar-refractivity contribution in [2.24, 2.45) is 0 Å². The molecule has 0 aliphatic rings. The van der Waals surface area contributed by atoms with Crippen molar-refractivity contribution in [2.75, 3.05) is 0 Å². The van der Waals surface area contributed by atoms with Crippen LogP contribution in [-0.4, -0.2) is 14.0 Å². The van der Waals surface area contributed by atoms with Crippen molar-refractivity contribution in [1.29, 1.82) is 0 Å². The molecule has 3 aromatic carbocycles. The van der Waals surface area contributed by atoms with E-state index < -0.39 is 0 Å². The number of rotatable bonds is 1. The zero-order valence-corrected chi connectivity index (χ0v) is 12.9. The summed E-state index contributed by atoms with van der Waals surface area (Å²) >= 11 is 6.25. The van der Waals surface area contributed by atoms with Crippen molar-refractivity contribution in [3.63, 3.8) is 0 Å². The van der Waals surface area contributed by atoms with Gasteiger partial charge in [-0.25, -0.2) is 4.98 Å². The van der Waals surface area contributed by atoms with Gasteiger partial charge in [0.2, 0.25) is 5.78 Å². The molecule has 2 aromatic heterocycles. The molecule has 0 saturated heterocycles. The van der Waals surface area contributed by atoms with Crippen LogP contribution in [0.25, 0.3) is 33.5 Å². The van der Waals surface area contributed by atoms with E-state index in [1.165, 1.54) is 0 Å². The maximum absolute atomic E-state index is 6.25. The standard InChI is InChI=1S/C19H12ClN3/c20-13-10-11-17-18(12-13)22(14-6-2-1-3-7-14)19-21-15-8-4-5-9-16(15)23(17)19/h1-12H. The second kappa shape index (κ2) is 4.61. The molecule has 0 atom stereocenters. The van der Waals surface area contributed by atoms with Crippen LogP contribution in [0.15, 0.2) is 72.8 Å². The average molecular weight is 318 g/mol. The SMILES string of the molecule is Clc1ccc2c(c1)n(-c1ccccc1)c1nc3ccccc3n21. The Morgan fingerprint density at radius 1 is 0.739 bits per heavy atom. The summed E-state index contributed by atoms with van der Waals surface area (Å²) in [4.78, 5) is 4.84. The van der Waals surface area contributed by atoms with E-state index in [4.69, 9.17) is 16.6 Å².